The van der Waals surface area contributed by atoms with Crippen molar-refractivity contribution in [3.63, 3.8) is 0 Å². The fourth-order valence-corrected chi connectivity index (χ4v) is 3.29. The van der Waals surface area contributed by atoms with Crippen LogP contribution < -0.4 is 0 Å². The predicted octanol–water partition coefficient (Wildman–Crippen LogP) is 3.38. The van der Waals surface area contributed by atoms with Crippen LogP contribution in [0.1, 0.15) is 51.9 Å². The Morgan fingerprint density at radius 3 is 2.52 bits per heavy atom. The minimum absolute atomic E-state index is 0.0869. The molecule has 0 unspecified atom stereocenters. The van der Waals surface area contributed by atoms with Gasteiger partial charge in [0.1, 0.15) is 0 Å². The van der Waals surface area contributed by atoms with Crippen LogP contribution in [0, 0.1) is 11.8 Å². The van der Waals surface area contributed by atoms with E-state index in [2.05, 4.69) is 19.1 Å². The molecule has 0 aliphatic heterocycles. The Morgan fingerprint density at radius 1 is 1.07 bits per heavy atom. The van der Waals surface area contributed by atoms with Crippen LogP contribution in [-0.4, -0.2) is 44.7 Å². The van der Waals surface area contributed by atoms with Crippen LogP contribution in [-0.2, 0) is 4.79 Å². The number of allylic oxidation sites excluding steroid dienone is 5. The van der Waals surface area contributed by atoms with E-state index >= 15 is 0 Å². The monoisotopic (exact) mass is 378 g/mol. The number of rotatable bonds is 12. The molecule has 0 spiro atoms. The highest BCUT2D eigenvalue weighted by atomic mass is 16.4. The third-order valence-electron chi connectivity index (χ3n) is 4.79. The maximum atomic E-state index is 10.5. The van der Waals surface area contributed by atoms with E-state index in [-0.39, 0.29) is 18.3 Å². The fourth-order valence-electron chi connectivity index (χ4n) is 3.29. The lowest BCUT2D eigenvalue weighted by atomic mass is 9.89. The minimum Gasteiger partial charge on any atom is -0.481 e. The van der Waals surface area contributed by atoms with Crippen LogP contribution in [0.25, 0.3) is 0 Å². The molecule has 0 radical (unpaired) electrons. The second kappa shape index (κ2) is 13.5. The highest BCUT2D eigenvalue weighted by Crippen LogP contribution is 2.36. The van der Waals surface area contributed by atoms with Crippen LogP contribution in [0.5, 0.6) is 0 Å². The first-order valence-corrected chi connectivity index (χ1v) is 9.85. The van der Waals surface area contributed by atoms with Gasteiger partial charge in [-0.2, -0.15) is 0 Å². The maximum absolute atomic E-state index is 10.5. The quantitative estimate of drug-likeness (QED) is 0.390. The number of aliphatic carboxylic acids is 1. The van der Waals surface area contributed by atoms with Gasteiger partial charge in [-0.15, -0.1) is 0 Å². The van der Waals surface area contributed by atoms with Crippen molar-refractivity contribution < 1.29 is 25.2 Å². The zero-order valence-corrected chi connectivity index (χ0v) is 16.2. The Morgan fingerprint density at radius 2 is 1.81 bits per heavy atom. The Balaban J connectivity index is 2.49. The van der Waals surface area contributed by atoms with Crippen molar-refractivity contribution in [1.82, 2.24) is 0 Å². The summed E-state index contributed by atoms with van der Waals surface area (Å²) in [7, 11) is 0. The molecule has 1 rings (SSSR count). The first kappa shape index (κ1) is 23.3. The molecule has 0 aromatic heterocycles. The number of hydrogen-bond acceptors (Lipinski definition) is 4. The van der Waals surface area contributed by atoms with Gasteiger partial charge in [-0.3, -0.25) is 4.79 Å². The number of aliphatic hydroxyl groups excluding tert-OH is 3. The number of carboxylic acid groups (broad SMARTS) is 1. The molecule has 27 heavy (non-hydrogen) atoms. The van der Waals surface area contributed by atoms with E-state index in [4.69, 9.17) is 5.11 Å². The van der Waals surface area contributed by atoms with E-state index in [0.717, 1.165) is 12.8 Å². The lowest BCUT2D eigenvalue weighted by Crippen LogP contribution is -2.20. The van der Waals surface area contributed by atoms with Crippen molar-refractivity contribution in [3.05, 3.63) is 48.6 Å². The van der Waals surface area contributed by atoms with E-state index in [1.165, 1.54) is 0 Å². The first-order valence-electron chi connectivity index (χ1n) is 9.85. The van der Waals surface area contributed by atoms with Gasteiger partial charge in [-0.1, -0.05) is 55.5 Å². The summed E-state index contributed by atoms with van der Waals surface area (Å²) in [6.45, 7) is 2.09. The largest absolute Gasteiger partial charge is 0.481 e. The summed E-state index contributed by atoms with van der Waals surface area (Å²) in [4.78, 5) is 10.5. The number of hydrogen-bond donors (Lipinski definition) is 4. The lowest BCUT2D eigenvalue weighted by Gasteiger charge is -2.19. The van der Waals surface area contributed by atoms with Gasteiger partial charge < -0.3 is 20.4 Å². The van der Waals surface area contributed by atoms with Crippen LogP contribution in [0.2, 0.25) is 0 Å². The van der Waals surface area contributed by atoms with Crippen LogP contribution in [0.3, 0.4) is 0 Å². The molecular weight excluding hydrogens is 344 g/mol. The van der Waals surface area contributed by atoms with Gasteiger partial charge in [0.2, 0.25) is 0 Å². The molecule has 0 bridgehead atoms. The van der Waals surface area contributed by atoms with Gasteiger partial charge in [0.25, 0.3) is 0 Å². The highest BCUT2D eigenvalue weighted by molar-refractivity contribution is 5.66. The molecule has 1 saturated carbocycles. The summed E-state index contributed by atoms with van der Waals surface area (Å²) < 4.78 is 0. The molecule has 0 amide bonds. The molecule has 4 N–H and O–H groups in total. The van der Waals surface area contributed by atoms with Crippen LogP contribution >= 0.6 is 0 Å². The Hall–Kier alpha value is -1.69. The first-order chi connectivity index (χ1) is 13.0. The molecule has 0 heterocycles. The average Bonchev–Trinajstić information content (AvgIpc) is 2.88. The van der Waals surface area contributed by atoms with E-state index in [1.807, 2.05) is 24.3 Å². The highest BCUT2D eigenvalue weighted by Gasteiger charge is 2.39. The Labute approximate surface area is 162 Å². The van der Waals surface area contributed by atoms with Gasteiger partial charge >= 0.3 is 5.97 Å². The Bertz CT molecular complexity index is 535. The van der Waals surface area contributed by atoms with E-state index in [0.29, 0.717) is 25.7 Å². The van der Waals surface area contributed by atoms with E-state index in [9.17, 15) is 20.1 Å². The minimum atomic E-state index is -0.832. The molecule has 5 atom stereocenters. The van der Waals surface area contributed by atoms with Crippen molar-refractivity contribution in [2.75, 3.05) is 0 Å². The summed E-state index contributed by atoms with van der Waals surface area (Å²) >= 11 is 0. The molecule has 1 fully saturated rings. The summed E-state index contributed by atoms with van der Waals surface area (Å²) in [5, 5.41) is 39.1. The molecule has 1 aliphatic rings. The average molecular weight is 379 g/mol. The summed E-state index contributed by atoms with van der Waals surface area (Å²) in [6.07, 6.45) is 17.3. The van der Waals surface area contributed by atoms with Crippen molar-refractivity contribution in [1.29, 1.82) is 0 Å². The summed E-state index contributed by atoms with van der Waals surface area (Å²) in [6, 6.07) is 0. The second-order valence-electron chi connectivity index (χ2n) is 7.03. The van der Waals surface area contributed by atoms with Crippen LogP contribution in [0.4, 0.5) is 0 Å². The lowest BCUT2D eigenvalue weighted by molar-refractivity contribution is -0.136. The predicted molar refractivity (Wildman–Crippen MR) is 107 cm³/mol. The number of carbonyl (C=O) groups is 1. The normalized spacial score (nSPS) is 27.6. The molecule has 1 aliphatic carbocycles. The topological polar surface area (TPSA) is 98.0 Å². The van der Waals surface area contributed by atoms with Gasteiger partial charge in [0.15, 0.2) is 0 Å². The van der Waals surface area contributed by atoms with E-state index < -0.39 is 24.3 Å². The molecule has 5 nitrogen and oxygen atoms in total. The third kappa shape index (κ3) is 9.70. The standard InChI is InChI=1S/C22H34O5/c1-2-3-4-5-6-8-11-17(23)14-15-19-18(20(24)16-21(19)25)12-9-7-10-13-22(26)27/h3-4,6-9,14-15,17-21,23-25H,2,5,10-13,16H2,1H3,(H,26,27)/b4-3-,8-6-,9-7-,15-14+/t17-,18-,19-,20+,21-/m0/s1. The number of carboxylic acids is 1. The zero-order chi connectivity index (χ0) is 20.1. The number of aliphatic hydroxyl groups is 3. The molecule has 152 valence electrons. The van der Waals surface area contributed by atoms with Crippen molar-refractivity contribution >= 4 is 5.97 Å². The zero-order valence-electron chi connectivity index (χ0n) is 16.2. The SMILES string of the molecule is CC/C=C\C/C=C\C[C@H](O)/C=C/[C@H]1[C@H](C/C=C\CCC(=O)O)[C@H](O)C[C@@H]1O. The van der Waals surface area contributed by atoms with E-state index in [1.54, 1.807) is 12.2 Å². The van der Waals surface area contributed by atoms with Gasteiger partial charge in [0.05, 0.1) is 18.3 Å². The van der Waals surface area contributed by atoms with Crippen molar-refractivity contribution in [2.45, 2.75) is 70.2 Å². The molecule has 0 aromatic rings. The maximum Gasteiger partial charge on any atom is 0.303 e. The van der Waals surface area contributed by atoms with Crippen molar-refractivity contribution in [2.24, 2.45) is 11.8 Å². The fraction of sp³-hybridized carbons (Fsp3) is 0.591. The molecule has 0 saturated heterocycles. The summed E-state index contributed by atoms with van der Waals surface area (Å²) in [5.41, 5.74) is 0. The molecule has 5 heteroatoms. The Kier molecular flexibility index (Phi) is 11.7. The van der Waals surface area contributed by atoms with Gasteiger partial charge in [0, 0.05) is 18.8 Å². The molecular formula is C22H34O5. The summed E-state index contributed by atoms with van der Waals surface area (Å²) in [5.74, 6) is -1.17. The second-order valence-corrected chi connectivity index (χ2v) is 7.03. The van der Waals surface area contributed by atoms with Gasteiger partial charge in [-0.05, 0) is 38.0 Å². The smallest absolute Gasteiger partial charge is 0.303 e. The van der Waals surface area contributed by atoms with Crippen molar-refractivity contribution in [3.8, 4) is 0 Å². The molecule has 0 aromatic carbocycles. The van der Waals surface area contributed by atoms with Crippen LogP contribution in [0.15, 0.2) is 48.6 Å². The van der Waals surface area contributed by atoms with Gasteiger partial charge in [-0.25, -0.2) is 0 Å². The third-order valence-corrected chi connectivity index (χ3v) is 4.79.